The number of piperidine rings is 2. The molecule has 0 bridgehead atoms. The molecule has 0 spiro atoms. The Bertz CT molecular complexity index is 529. The Morgan fingerprint density at radius 3 is 2.50 bits per heavy atom. The average Bonchev–Trinajstić information content (AvgIpc) is 3.08. The van der Waals surface area contributed by atoms with Gasteiger partial charge >= 0.3 is 0 Å². The molecular weight excluding hydrogens is 296 g/mol. The lowest BCUT2D eigenvalue weighted by molar-refractivity contribution is -0.140. The first kappa shape index (κ1) is 15.5. The number of carbonyl (C=O) groups is 2. The van der Waals surface area contributed by atoms with Crippen LogP contribution >= 0.6 is 11.3 Å². The van der Waals surface area contributed by atoms with Crippen molar-refractivity contribution in [2.24, 2.45) is 0 Å². The first-order chi connectivity index (χ1) is 10.7. The molecule has 0 N–H and O–H groups in total. The van der Waals surface area contributed by atoms with Gasteiger partial charge in [0.1, 0.15) is 6.04 Å². The number of likely N-dealkylation sites (tertiary alicyclic amines) is 2. The maximum Gasteiger partial charge on any atom is 0.264 e. The quantitative estimate of drug-likeness (QED) is 0.840. The summed E-state index contributed by atoms with van der Waals surface area (Å²) >= 11 is 1.46. The summed E-state index contributed by atoms with van der Waals surface area (Å²) in [6.07, 6.45) is 6.20. The van der Waals surface area contributed by atoms with Gasteiger partial charge in [0, 0.05) is 19.1 Å². The fourth-order valence-electron chi connectivity index (χ4n) is 3.59. The van der Waals surface area contributed by atoms with Crippen LogP contribution in [0.1, 0.15) is 55.1 Å². The normalized spacial score (nSPS) is 26.0. The van der Waals surface area contributed by atoms with Crippen molar-refractivity contribution in [3.63, 3.8) is 0 Å². The van der Waals surface area contributed by atoms with Crippen LogP contribution < -0.4 is 0 Å². The zero-order valence-corrected chi connectivity index (χ0v) is 14.0. The molecule has 2 aliphatic rings. The molecule has 1 aromatic rings. The summed E-state index contributed by atoms with van der Waals surface area (Å²) in [5, 5.41) is 1.92. The Hall–Kier alpha value is -1.36. The molecule has 2 atom stereocenters. The molecule has 3 heterocycles. The number of carbonyl (C=O) groups excluding carboxylic acids is 2. The van der Waals surface area contributed by atoms with Gasteiger partial charge in [0.25, 0.3) is 5.91 Å². The summed E-state index contributed by atoms with van der Waals surface area (Å²) in [7, 11) is 0. The Kier molecular flexibility index (Phi) is 4.81. The van der Waals surface area contributed by atoms with Crippen molar-refractivity contribution in [2.75, 3.05) is 13.1 Å². The summed E-state index contributed by atoms with van der Waals surface area (Å²) in [6, 6.07) is 3.80. The van der Waals surface area contributed by atoms with Gasteiger partial charge in [-0.05, 0) is 56.9 Å². The van der Waals surface area contributed by atoms with Gasteiger partial charge in [-0.3, -0.25) is 9.59 Å². The molecule has 0 aromatic carbocycles. The molecule has 2 saturated heterocycles. The molecule has 4 nitrogen and oxygen atoms in total. The van der Waals surface area contributed by atoms with Crippen LogP contribution in [0.2, 0.25) is 0 Å². The molecule has 0 radical (unpaired) electrons. The third kappa shape index (κ3) is 3.05. The van der Waals surface area contributed by atoms with Gasteiger partial charge in [-0.2, -0.15) is 0 Å². The van der Waals surface area contributed by atoms with Gasteiger partial charge < -0.3 is 9.80 Å². The van der Waals surface area contributed by atoms with Crippen molar-refractivity contribution in [3.05, 3.63) is 22.4 Å². The highest BCUT2D eigenvalue weighted by Gasteiger charge is 2.37. The van der Waals surface area contributed by atoms with E-state index in [0.29, 0.717) is 12.6 Å². The number of amides is 2. The minimum Gasteiger partial charge on any atom is -0.338 e. The van der Waals surface area contributed by atoms with E-state index in [1.54, 1.807) is 0 Å². The topological polar surface area (TPSA) is 40.6 Å². The highest BCUT2D eigenvalue weighted by molar-refractivity contribution is 7.12. The maximum atomic E-state index is 13.0. The van der Waals surface area contributed by atoms with E-state index >= 15 is 0 Å². The smallest absolute Gasteiger partial charge is 0.264 e. The average molecular weight is 320 g/mol. The molecular formula is C17H24N2O2S. The van der Waals surface area contributed by atoms with Crippen molar-refractivity contribution in [2.45, 2.75) is 57.5 Å². The lowest BCUT2D eigenvalue weighted by Crippen LogP contribution is -2.55. The first-order valence-electron chi connectivity index (χ1n) is 8.33. The Balaban J connectivity index is 1.77. The van der Waals surface area contributed by atoms with Crippen LogP contribution in [-0.4, -0.2) is 46.8 Å². The van der Waals surface area contributed by atoms with E-state index in [9.17, 15) is 9.59 Å². The van der Waals surface area contributed by atoms with Crippen molar-refractivity contribution >= 4 is 23.2 Å². The lowest BCUT2D eigenvalue weighted by Gasteiger charge is -2.41. The summed E-state index contributed by atoms with van der Waals surface area (Å²) in [6.45, 7) is 3.68. The molecule has 2 unspecified atom stereocenters. The molecule has 1 aromatic heterocycles. The molecule has 2 aliphatic heterocycles. The van der Waals surface area contributed by atoms with Gasteiger partial charge in [-0.15, -0.1) is 11.3 Å². The van der Waals surface area contributed by atoms with Crippen LogP contribution in [-0.2, 0) is 4.79 Å². The monoisotopic (exact) mass is 320 g/mol. The number of thiophene rings is 1. The van der Waals surface area contributed by atoms with Crippen LogP contribution in [0.15, 0.2) is 17.5 Å². The summed E-state index contributed by atoms with van der Waals surface area (Å²) in [5.41, 5.74) is 0. The molecule has 5 heteroatoms. The minimum atomic E-state index is -0.260. The SMILES string of the molecule is CC1CCCCN1C(=O)C1CCCCN1C(=O)c1cccs1. The van der Waals surface area contributed by atoms with E-state index in [1.165, 1.54) is 17.8 Å². The summed E-state index contributed by atoms with van der Waals surface area (Å²) in [4.78, 5) is 30.3. The fourth-order valence-corrected chi connectivity index (χ4v) is 4.27. The molecule has 0 saturated carbocycles. The second kappa shape index (κ2) is 6.82. The van der Waals surface area contributed by atoms with Gasteiger partial charge in [0.15, 0.2) is 0 Å². The third-order valence-electron chi connectivity index (χ3n) is 4.87. The molecule has 3 rings (SSSR count). The minimum absolute atomic E-state index is 0.0257. The van der Waals surface area contributed by atoms with E-state index in [0.717, 1.165) is 43.5 Å². The number of nitrogens with zero attached hydrogens (tertiary/aromatic N) is 2. The first-order valence-corrected chi connectivity index (χ1v) is 9.21. The van der Waals surface area contributed by atoms with E-state index in [1.807, 2.05) is 27.3 Å². The van der Waals surface area contributed by atoms with Crippen LogP contribution in [0, 0.1) is 0 Å². The molecule has 120 valence electrons. The Morgan fingerprint density at radius 1 is 1.09 bits per heavy atom. The zero-order valence-electron chi connectivity index (χ0n) is 13.2. The standard InChI is InChI=1S/C17H24N2O2S/c1-13-7-2-4-10-18(13)16(20)14-8-3-5-11-19(14)17(21)15-9-6-12-22-15/h6,9,12-14H,2-5,7-8,10-11H2,1H3. The van der Waals surface area contributed by atoms with Gasteiger partial charge in [0.05, 0.1) is 4.88 Å². The second-order valence-electron chi connectivity index (χ2n) is 6.36. The largest absolute Gasteiger partial charge is 0.338 e. The second-order valence-corrected chi connectivity index (χ2v) is 7.31. The molecule has 0 aliphatic carbocycles. The van der Waals surface area contributed by atoms with Gasteiger partial charge in [0.2, 0.25) is 5.91 Å². The van der Waals surface area contributed by atoms with Gasteiger partial charge in [-0.25, -0.2) is 0 Å². The molecule has 22 heavy (non-hydrogen) atoms. The molecule has 2 fully saturated rings. The van der Waals surface area contributed by atoms with E-state index in [2.05, 4.69) is 6.92 Å². The fraction of sp³-hybridized carbons (Fsp3) is 0.647. The summed E-state index contributed by atoms with van der Waals surface area (Å²) in [5.74, 6) is 0.189. The van der Waals surface area contributed by atoms with Crippen molar-refractivity contribution in [1.29, 1.82) is 0 Å². The third-order valence-corrected chi connectivity index (χ3v) is 5.72. The van der Waals surface area contributed by atoms with Crippen molar-refractivity contribution in [1.82, 2.24) is 9.80 Å². The lowest BCUT2D eigenvalue weighted by atomic mass is 9.97. The van der Waals surface area contributed by atoms with Crippen LogP contribution in [0.4, 0.5) is 0 Å². The predicted octanol–water partition coefficient (Wildman–Crippen LogP) is 3.14. The van der Waals surface area contributed by atoms with Crippen LogP contribution in [0.25, 0.3) is 0 Å². The Labute approximate surface area is 136 Å². The summed E-state index contributed by atoms with van der Waals surface area (Å²) < 4.78 is 0. The number of hydrogen-bond acceptors (Lipinski definition) is 3. The highest BCUT2D eigenvalue weighted by Crippen LogP contribution is 2.26. The van der Waals surface area contributed by atoms with E-state index in [-0.39, 0.29) is 17.9 Å². The van der Waals surface area contributed by atoms with Crippen molar-refractivity contribution < 1.29 is 9.59 Å². The van der Waals surface area contributed by atoms with Gasteiger partial charge in [-0.1, -0.05) is 6.07 Å². The van der Waals surface area contributed by atoms with Crippen LogP contribution in [0.5, 0.6) is 0 Å². The maximum absolute atomic E-state index is 13.0. The highest BCUT2D eigenvalue weighted by atomic mass is 32.1. The number of hydrogen-bond donors (Lipinski definition) is 0. The van der Waals surface area contributed by atoms with Crippen molar-refractivity contribution in [3.8, 4) is 0 Å². The predicted molar refractivity (Wildman–Crippen MR) is 88.0 cm³/mol. The number of rotatable bonds is 2. The van der Waals surface area contributed by atoms with E-state index in [4.69, 9.17) is 0 Å². The van der Waals surface area contributed by atoms with E-state index < -0.39 is 0 Å². The zero-order chi connectivity index (χ0) is 15.5. The molecule has 2 amide bonds. The Morgan fingerprint density at radius 2 is 1.82 bits per heavy atom. The van der Waals surface area contributed by atoms with Crippen LogP contribution in [0.3, 0.4) is 0 Å².